The summed E-state index contributed by atoms with van der Waals surface area (Å²) in [5.41, 5.74) is -0.924. The Hall–Kier alpha value is -2.68. The summed E-state index contributed by atoms with van der Waals surface area (Å²) in [6.45, 7) is 5.38. The fraction of sp³-hybridized carbons (Fsp3) is 0.393. The second kappa shape index (κ2) is 14.5. The Morgan fingerprint density at radius 3 is 2.21 bits per heavy atom. The third-order valence-corrected chi connectivity index (χ3v) is 7.23. The molecule has 0 saturated heterocycles. The van der Waals surface area contributed by atoms with Crippen LogP contribution in [0.15, 0.2) is 36.1 Å². The van der Waals surface area contributed by atoms with E-state index in [2.05, 4.69) is 26.2 Å². The summed E-state index contributed by atoms with van der Waals surface area (Å²) in [6.07, 6.45) is 4.91. The minimum Gasteiger partial charge on any atom is -0.512 e. The molecule has 0 unspecified atom stereocenters. The van der Waals surface area contributed by atoms with Crippen molar-refractivity contribution in [3.05, 3.63) is 59.8 Å². The molecule has 0 aliphatic heterocycles. The van der Waals surface area contributed by atoms with Gasteiger partial charge < -0.3 is 5.11 Å². The number of nitrogens with zero attached hydrogens (tertiary/aromatic N) is 4. The number of benzene rings is 1. The number of aromatic nitrogens is 4. The summed E-state index contributed by atoms with van der Waals surface area (Å²) >= 11 is 1.31. The minimum atomic E-state index is -2.69. The molecular weight excluding hydrogens is 687 g/mol. The maximum absolute atomic E-state index is 13.6. The maximum Gasteiger partial charge on any atom is 0.269 e. The molecule has 3 heterocycles. The van der Waals surface area contributed by atoms with E-state index in [1.165, 1.54) is 17.4 Å². The predicted molar refractivity (Wildman–Crippen MR) is 143 cm³/mol. The van der Waals surface area contributed by atoms with Crippen molar-refractivity contribution in [3.63, 3.8) is 0 Å². The van der Waals surface area contributed by atoms with Gasteiger partial charge in [0.05, 0.1) is 22.7 Å². The first-order chi connectivity index (χ1) is 18.9. The van der Waals surface area contributed by atoms with Gasteiger partial charge in [0.25, 0.3) is 11.9 Å². The number of aliphatic hydroxyl groups excluding tert-OH is 1. The van der Waals surface area contributed by atoms with Crippen LogP contribution in [0.2, 0.25) is 0 Å². The van der Waals surface area contributed by atoms with Crippen molar-refractivity contribution in [3.8, 4) is 10.6 Å². The molecule has 4 rings (SSSR count). The van der Waals surface area contributed by atoms with E-state index in [1.54, 1.807) is 0 Å². The van der Waals surface area contributed by atoms with Gasteiger partial charge in [-0.2, -0.15) is 19.0 Å². The number of ketones is 1. The Labute approximate surface area is 243 Å². The van der Waals surface area contributed by atoms with Crippen LogP contribution < -0.4 is 0 Å². The molecule has 0 aliphatic rings. The molecule has 0 bridgehead atoms. The molecule has 1 aromatic carbocycles. The molecule has 1 radical (unpaired) electrons. The number of hydrogen-bond acceptors (Lipinski definition) is 7. The third kappa shape index (κ3) is 7.24. The zero-order valence-electron chi connectivity index (χ0n) is 24.5. The molecule has 6 nitrogen and oxygen atoms in total. The topological polar surface area (TPSA) is 88.9 Å². The van der Waals surface area contributed by atoms with Gasteiger partial charge in [-0.25, -0.2) is 21.3 Å². The summed E-state index contributed by atoms with van der Waals surface area (Å²) in [5, 5.41) is 18.1. The van der Waals surface area contributed by atoms with Gasteiger partial charge in [0.15, 0.2) is 5.78 Å². The second-order valence-corrected chi connectivity index (χ2v) is 9.50. The van der Waals surface area contributed by atoms with Crippen molar-refractivity contribution in [1.82, 2.24) is 20.2 Å². The van der Waals surface area contributed by atoms with Crippen LogP contribution in [-0.4, -0.2) is 31.1 Å². The summed E-state index contributed by atoms with van der Waals surface area (Å²) in [5.74, 6) is -2.37. The van der Waals surface area contributed by atoms with Crippen molar-refractivity contribution >= 4 is 38.2 Å². The Morgan fingerprint density at radius 2 is 1.63 bits per heavy atom. The van der Waals surface area contributed by atoms with Gasteiger partial charge in [-0.15, -0.1) is 23.6 Å². The smallest absolute Gasteiger partial charge is 0.269 e. The van der Waals surface area contributed by atoms with Gasteiger partial charge in [-0.05, 0) is 42.1 Å². The number of allylic oxidation sites excluding steroid dienone is 2. The Kier molecular flexibility index (Phi) is 10.2. The van der Waals surface area contributed by atoms with Crippen LogP contribution in [-0.2, 0) is 24.9 Å². The first-order valence-corrected chi connectivity index (χ1v) is 13.0. The largest absolute Gasteiger partial charge is 0.512 e. The van der Waals surface area contributed by atoms with E-state index in [4.69, 9.17) is 4.11 Å². The Balaban J connectivity index is 0.000000320. The quantitative estimate of drug-likeness (QED) is 0.115. The number of rotatable bonds is 8. The van der Waals surface area contributed by atoms with E-state index in [1.807, 2.05) is 52.0 Å². The fourth-order valence-corrected chi connectivity index (χ4v) is 4.87. The van der Waals surface area contributed by atoms with Gasteiger partial charge >= 0.3 is 0 Å². The molecule has 0 spiro atoms. The average molecular weight is 721 g/mol. The summed E-state index contributed by atoms with van der Waals surface area (Å²) in [4.78, 5) is 19.1. The number of carbonyl (C=O) groups is 1. The molecule has 0 amide bonds. The molecule has 205 valence electrons. The van der Waals surface area contributed by atoms with E-state index < -0.39 is 24.4 Å². The molecule has 4 aromatic rings. The zero-order valence-corrected chi connectivity index (χ0v) is 24.7. The van der Waals surface area contributed by atoms with Crippen molar-refractivity contribution in [2.24, 2.45) is 11.8 Å². The molecule has 0 atom stereocenters. The van der Waals surface area contributed by atoms with Crippen LogP contribution in [0.25, 0.3) is 31.7 Å². The Bertz CT molecular complexity index is 1490. The molecule has 0 fully saturated rings. The van der Waals surface area contributed by atoms with E-state index in [0.29, 0.717) is 4.88 Å². The molecule has 10 heteroatoms. The summed E-state index contributed by atoms with van der Waals surface area (Å²) in [7, 11) is 0. The van der Waals surface area contributed by atoms with Crippen molar-refractivity contribution < 1.29 is 42.9 Å². The van der Waals surface area contributed by atoms with Gasteiger partial charge in [0, 0.05) is 42.1 Å². The van der Waals surface area contributed by atoms with E-state index >= 15 is 0 Å². The van der Waals surface area contributed by atoms with Gasteiger partial charge in [0.2, 0.25) is 0 Å². The van der Waals surface area contributed by atoms with Crippen LogP contribution >= 0.6 is 11.3 Å². The maximum atomic E-state index is 13.6. The normalized spacial score (nSPS) is 13.1. The number of aryl methyl sites for hydroxylation is 1. The van der Waals surface area contributed by atoms with Crippen molar-refractivity contribution in [2.45, 2.75) is 60.2 Å². The van der Waals surface area contributed by atoms with E-state index in [9.17, 15) is 18.7 Å². The number of aliphatic hydroxyl groups is 1. The predicted octanol–water partition coefficient (Wildman–Crippen LogP) is 7.56. The molecular formula is C28H31F2IrN4O2S-. The summed E-state index contributed by atoms with van der Waals surface area (Å²) in [6, 6.07) is 10.5. The molecule has 0 aliphatic carbocycles. The van der Waals surface area contributed by atoms with Crippen molar-refractivity contribution in [2.75, 3.05) is 0 Å². The van der Waals surface area contributed by atoms with Gasteiger partial charge in [-0.1, -0.05) is 39.8 Å². The first-order valence-electron chi connectivity index (χ1n) is 13.7. The van der Waals surface area contributed by atoms with Crippen LogP contribution in [0.4, 0.5) is 8.78 Å². The SMILES string of the molecule is CCC(CC)C(=O)/C=C(\O)C(CC)CC.[2H]C([2H])([2H])c1nnc(-c2[c-]c3ccccc3s2)c2nc(F)c(F)nc12.[Ir]. The minimum absolute atomic E-state index is 0. The third-order valence-electron chi connectivity index (χ3n) is 6.16. The van der Waals surface area contributed by atoms with Crippen molar-refractivity contribution in [1.29, 1.82) is 0 Å². The van der Waals surface area contributed by atoms with E-state index in [-0.39, 0.29) is 60.2 Å². The Morgan fingerprint density at radius 1 is 1.03 bits per heavy atom. The van der Waals surface area contributed by atoms with Crippen LogP contribution in [0.3, 0.4) is 0 Å². The number of halogens is 2. The average Bonchev–Trinajstić information content (AvgIpc) is 3.34. The van der Waals surface area contributed by atoms with E-state index in [0.717, 1.165) is 35.8 Å². The summed E-state index contributed by atoms with van der Waals surface area (Å²) < 4.78 is 50.5. The fourth-order valence-electron chi connectivity index (χ4n) is 3.88. The number of fused-ring (bicyclic) bond motifs is 2. The molecule has 38 heavy (non-hydrogen) atoms. The zero-order chi connectivity index (χ0) is 29.6. The molecule has 3 aromatic heterocycles. The number of carbonyl (C=O) groups excluding carboxylic acids is 1. The number of hydrogen-bond donors (Lipinski definition) is 1. The van der Waals surface area contributed by atoms with Crippen LogP contribution in [0.1, 0.15) is 63.2 Å². The number of thiophene rings is 1. The first kappa shape index (κ1) is 26.9. The molecule has 1 N–H and O–H groups in total. The van der Waals surface area contributed by atoms with Crippen LogP contribution in [0.5, 0.6) is 0 Å². The monoisotopic (exact) mass is 721 g/mol. The van der Waals surface area contributed by atoms with Crippen LogP contribution in [0, 0.1) is 36.6 Å². The standard InChI is InChI=1S/C15H7F2N4S.C13H24O2.Ir/c1-7-11-13(19-15(17)14(16)18-11)12(21-20-7)10-6-8-4-2-3-5-9(8)22-10;1-5-10(6-2)12(14)9-13(15)11(7-3)8-4;/h2-5H,1H3;9-11,14H,5-8H2,1-4H3;/q-1;;/b;12-9-;/i1D3;;. The van der Waals surface area contributed by atoms with Gasteiger partial charge in [-0.3, -0.25) is 4.79 Å². The second-order valence-electron chi connectivity index (χ2n) is 8.45. The molecule has 0 saturated carbocycles. The van der Waals surface area contributed by atoms with Gasteiger partial charge in [0.1, 0.15) is 5.52 Å².